The van der Waals surface area contributed by atoms with Crippen LogP contribution in [0.5, 0.6) is 0 Å². The van der Waals surface area contributed by atoms with E-state index in [-0.39, 0.29) is 24.3 Å². The van der Waals surface area contributed by atoms with E-state index in [0.29, 0.717) is 20.5 Å². The Morgan fingerprint density at radius 3 is 2.38 bits per heavy atom. The number of hydrogen-bond donors (Lipinski definition) is 0. The van der Waals surface area contributed by atoms with Crippen LogP contribution in [-0.4, -0.2) is 16.8 Å². The molecule has 5 rings (SSSR count). The Morgan fingerprint density at radius 2 is 1.65 bits per heavy atom. The fourth-order valence-corrected chi connectivity index (χ4v) is 6.34. The molecule has 174 valence electrons. The van der Waals surface area contributed by atoms with Crippen LogP contribution in [0, 0.1) is 5.82 Å². The highest BCUT2D eigenvalue weighted by Gasteiger charge is 2.30. The number of nitrogens with zero attached hydrogens (tertiary/aromatic N) is 1. The van der Waals surface area contributed by atoms with Crippen molar-refractivity contribution in [1.82, 2.24) is 4.90 Å². The van der Waals surface area contributed by atoms with Crippen LogP contribution in [-0.2, 0) is 6.54 Å². The van der Waals surface area contributed by atoms with Crippen molar-refractivity contribution in [3.8, 4) is 11.1 Å². The summed E-state index contributed by atoms with van der Waals surface area (Å²) in [5.74, 6) is -0.428. The van der Waals surface area contributed by atoms with Gasteiger partial charge in [0.05, 0.1) is 5.02 Å². The van der Waals surface area contributed by atoms with Gasteiger partial charge in [-0.3, -0.25) is 4.79 Å². The van der Waals surface area contributed by atoms with Crippen molar-refractivity contribution in [2.24, 2.45) is 0 Å². The lowest BCUT2D eigenvalue weighted by atomic mass is 9.93. The first-order valence-electron chi connectivity index (χ1n) is 11.5. The fraction of sp³-hybridized carbons (Fsp3) is 0.250. The maximum atomic E-state index is 15.0. The van der Waals surface area contributed by atoms with Gasteiger partial charge >= 0.3 is 0 Å². The molecule has 1 aromatic heterocycles. The Hall–Kier alpha value is -2.40. The minimum Gasteiger partial charge on any atom is -0.330 e. The van der Waals surface area contributed by atoms with Crippen molar-refractivity contribution >= 4 is 50.5 Å². The summed E-state index contributed by atoms with van der Waals surface area (Å²) in [5, 5.41) is 2.03. The molecule has 1 aliphatic carbocycles. The van der Waals surface area contributed by atoms with E-state index in [4.69, 9.17) is 23.2 Å². The van der Waals surface area contributed by atoms with Gasteiger partial charge in [0.2, 0.25) is 0 Å². The third-order valence-electron chi connectivity index (χ3n) is 6.57. The van der Waals surface area contributed by atoms with Gasteiger partial charge in [0.15, 0.2) is 0 Å². The molecule has 1 saturated carbocycles. The van der Waals surface area contributed by atoms with Gasteiger partial charge in [-0.1, -0.05) is 78.9 Å². The smallest absolute Gasteiger partial charge is 0.266 e. The SMILES string of the molecule is O=C(c1sc2ccccc2c1Cl)N(Cc1cc(-c2ccc(Cl)cc2)ccc1F)C1CCCCC1. The third kappa shape index (κ3) is 4.72. The first kappa shape index (κ1) is 23.3. The largest absolute Gasteiger partial charge is 0.330 e. The molecule has 1 heterocycles. The molecule has 1 aliphatic rings. The Kier molecular flexibility index (Phi) is 6.91. The average molecular weight is 512 g/mol. The zero-order valence-corrected chi connectivity index (χ0v) is 20.9. The highest BCUT2D eigenvalue weighted by molar-refractivity contribution is 7.21. The molecular weight excluding hydrogens is 488 g/mol. The van der Waals surface area contributed by atoms with Crippen LogP contribution in [0.1, 0.15) is 47.3 Å². The van der Waals surface area contributed by atoms with E-state index in [1.54, 1.807) is 6.07 Å². The normalized spacial score (nSPS) is 14.4. The molecule has 34 heavy (non-hydrogen) atoms. The standard InChI is InChI=1S/C28H24Cl2FNOS/c29-21-13-10-18(11-14-21)19-12-15-24(31)20(16-19)17-32(22-6-2-1-3-7-22)28(33)27-26(30)23-8-4-5-9-25(23)34-27/h4-5,8-16,22H,1-3,6-7,17H2. The molecule has 0 bridgehead atoms. The van der Waals surface area contributed by atoms with Crippen molar-refractivity contribution < 1.29 is 9.18 Å². The number of carbonyl (C=O) groups excluding carboxylic acids is 1. The fourth-order valence-electron chi connectivity index (χ4n) is 4.74. The minimum absolute atomic E-state index is 0.0705. The molecule has 0 radical (unpaired) electrons. The molecule has 0 spiro atoms. The van der Waals surface area contributed by atoms with Gasteiger partial charge in [0.25, 0.3) is 5.91 Å². The number of hydrogen-bond acceptors (Lipinski definition) is 2. The van der Waals surface area contributed by atoms with Gasteiger partial charge in [-0.2, -0.15) is 0 Å². The van der Waals surface area contributed by atoms with Crippen molar-refractivity contribution in [2.75, 3.05) is 0 Å². The molecule has 1 amide bonds. The van der Waals surface area contributed by atoms with E-state index >= 15 is 4.39 Å². The molecule has 1 fully saturated rings. The van der Waals surface area contributed by atoms with Gasteiger partial charge in [-0.05, 0) is 54.3 Å². The van der Waals surface area contributed by atoms with E-state index in [0.717, 1.165) is 46.9 Å². The summed E-state index contributed by atoms with van der Waals surface area (Å²) in [6.45, 7) is 0.210. The minimum atomic E-state index is -0.311. The maximum absolute atomic E-state index is 15.0. The second-order valence-corrected chi connectivity index (χ2v) is 10.6. The van der Waals surface area contributed by atoms with Crippen LogP contribution in [0.4, 0.5) is 4.39 Å². The van der Waals surface area contributed by atoms with Crippen molar-refractivity contribution in [3.05, 3.63) is 93.0 Å². The Morgan fingerprint density at radius 1 is 0.941 bits per heavy atom. The van der Waals surface area contributed by atoms with E-state index < -0.39 is 0 Å². The first-order chi connectivity index (χ1) is 16.5. The van der Waals surface area contributed by atoms with Gasteiger partial charge in [0.1, 0.15) is 10.7 Å². The number of fused-ring (bicyclic) bond motifs is 1. The molecule has 0 saturated heterocycles. The van der Waals surface area contributed by atoms with Crippen LogP contribution in [0.3, 0.4) is 0 Å². The van der Waals surface area contributed by atoms with Crippen molar-refractivity contribution in [3.63, 3.8) is 0 Å². The summed E-state index contributed by atoms with van der Waals surface area (Å²) in [7, 11) is 0. The molecule has 0 aliphatic heterocycles. The number of halogens is 3. The second kappa shape index (κ2) is 10.1. The van der Waals surface area contributed by atoms with Crippen molar-refractivity contribution in [2.45, 2.75) is 44.7 Å². The van der Waals surface area contributed by atoms with E-state index in [2.05, 4.69) is 0 Å². The van der Waals surface area contributed by atoms with Crippen LogP contribution in [0.15, 0.2) is 66.7 Å². The summed E-state index contributed by atoms with van der Waals surface area (Å²) >= 11 is 14.1. The predicted octanol–water partition coefficient (Wildman–Crippen LogP) is 8.99. The topological polar surface area (TPSA) is 20.3 Å². The summed E-state index contributed by atoms with van der Waals surface area (Å²) < 4.78 is 16.0. The van der Waals surface area contributed by atoms with Crippen LogP contribution in [0.2, 0.25) is 10.0 Å². The average Bonchev–Trinajstić information content (AvgIpc) is 3.21. The summed E-state index contributed by atoms with van der Waals surface area (Å²) in [6, 6.07) is 20.4. The molecular formula is C28H24Cl2FNOS. The lowest BCUT2D eigenvalue weighted by molar-refractivity contribution is 0.0617. The molecule has 6 heteroatoms. The molecule has 4 aromatic rings. The molecule has 0 unspecified atom stereocenters. The molecule has 0 N–H and O–H groups in total. The maximum Gasteiger partial charge on any atom is 0.266 e. The zero-order chi connectivity index (χ0) is 23.7. The second-order valence-electron chi connectivity index (χ2n) is 8.78. The number of carbonyl (C=O) groups is 1. The Labute approximate surface area is 212 Å². The lowest BCUT2D eigenvalue weighted by Crippen LogP contribution is -2.41. The molecule has 2 nitrogen and oxygen atoms in total. The summed E-state index contributed by atoms with van der Waals surface area (Å²) in [5.41, 5.74) is 2.35. The predicted molar refractivity (Wildman–Crippen MR) is 140 cm³/mol. The zero-order valence-electron chi connectivity index (χ0n) is 18.6. The molecule has 3 aromatic carbocycles. The van der Waals surface area contributed by atoms with E-state index in [9.17, 15) is 4.79 Å². The summed E-state index contributed by atoms with van der Waals surface area (Å²) in [4.78, 5) is 16.2. The number of thiophene rings is 1. The highest BCUT2D eigenvalue weighted by atomic mass is 35.5. The van der Waals surface area contributed by atoms with Gasteiger partial charge in [0, 0.05) is 33.3 Å². The van der Waals surface area contributed by atoms with Crippen molar-refractivity contribution in [1.29, 1.82) is 0 Å². The van der Waals surface area contributed by atoms with E-state index in [1.807, 2.05) is 59.5 Å². The van der Waals surface area contributed by atoms with Gasteiger partial charge in [-0.25, -0.2) is 4.39 Å². The lowest BCUT2D eigenvalue weighted by Gasteiger charge is -2.34. The van der Waals surface area contributed by atoms with Crippen LogP contribution in [0.25, 0.3) is 21.2 Å². The quantitative estimate of drug-likeness (QED) is 0.261. The summed E-state index contributed by atoms with van der Waals surface area (Å²) in [6.07, 6.45) is 5.16. The number of rotatable bonds is 5. The first-order valence-corrected chi connectivity index (χ1v) is 13.1. The van der Waals surface area contributed by atoms with E-state index in [1.165, 1.54) is 23.8 Å². The van der Waals surface area contributed by atoms with Gasteiger partial charge < -0.3 is 4.90 Å². The van der Waals surface area contributed by atoms with Crippen LogP contribution >= 0.6 is 34.5 Å². The van der Waals surface area contributed by atoms with Crippen LogP contribution < -0.4 is 0 Å². The Balaban J connectivity index is 1.51. The number of amides is 1. The van der Waals surface area contributed by atoms with Gasteiger partial charge in [-0.15, -0.1) is 11.3 Å². The number of benzene rings is 3. The third-order valence-corrected chi connectivity index (χ3v) is 8.48. The highest BCUT2D eigenvalue weighted by Crippen LogP contribution is 2.37. The monoisotopic (exact) mass is 511 g/mol. The molecule has 0 atom stereocenters. The Bertz CT molecular complexity index is 1330.